The molecule has 1 amide bonds. The predicted molar refractivity (Wildman–Crippen MR) is 142 cm³/mol. The molecule has 196 valence electrons. The molecule has 0 atom stereocenters. The van der Waals surface area contributed by atoms with Crippen LogP contribution in [0.25, 0.3) is 5.65 Å². The molecule has 0 spiro atoms. The lowest BCUT2D eigenvalue weighted by atomic mass is 10.2. The Morgan fingerprint density at radius 2 is 1.95 bits per heavy atom. The van der Waals surface area contributed by atoms with E-state index < -0.39 is 5.97 Å². The summed E-state index contributed by atoms with van der Waals surface area (Å²) in [5, 5.41) is 10.8. The first kappa shape index (κ1) is 25.0. The molecular formula is C27H29N7O4. The monoisotopic (exact) mass is 515 g/mol. The van der Waals surface area contributed by atoms with E-state index in [1.165, 1.54) is 16.9 Å². The Hall–Kier alpha value is -4.67. The molecule has 3 heterocycles. The largest absolute Gasteiger partial charge is 0.497 e. The van der Waals surface area contributed by atoms with Crippen molar-refractivity contribution in [3.63, 3.8) is 0 Å². The third-order valence-corrected chi connectivity index (χ3v) is 6.12. The summed E-state index contributed by atoms with van der Waals surface area (Å²) in [6, 6.07) is 13.3. The van der Waals surface area contributed by atoms with Gasteiger partial charge < -0.3 is 25.0 Å². The summed E-state index contributed by atoms with van der Waals surface area (Å²) in [4.78, 5) is 36.2. The Kier molecular flexibility index (Phi) is 7.07. The molecule has 1 aliphatic rings. The smallest absolute Gasteiger partial charge is 0.359 e. The highest BCUT2D eigenvalue weighted by Crippen LogP contribution is 2.28. The lowest BCUT2D eigenvalue weighted by molar-refractivity contribution is 0.0520. The van der Waals surface area contributed by atoms with Crippen molar-refractivity contribution in [2.45, 2.75) is 32.4 Å². The SMILES string of the molecule is CCOC(=O)c1ncccc1Nc1cc(N(C)Cc2ccc(OC)cc2)c2ncc(C(=O)NC3CC3)n2n1. The van der Waals surface area contributed by atoms with E-state index in [2.05, 4.69) is 25.7 Å². The molecule has 4 aromatic rings. The van der Waals surface area contributed by atoms with Gasteiger partial charge in [-0.25, -0.2) is 19.3 Å². The van der Waals surface area contributed by atoms with Crippen molar-refractivity contribution in [3.8, 4) is 5.75 Å². The number of rotatable bonds is 10. The molecule has 5 rings (SSSR count). The molecule has 0 saturated heterocycles. The number of aromatic nitrogens is 4. The van der Waals surface area contributed by atoms with Crippen LogP contribution in [0, 0.1) is 0 Å². The highest BCUT2D eigenvalue weighted by atomic mass is 16.5. The first-order chi connectivity index (χ1) is 18.5. The Labute approximate surface area is 219 Å². The van der Waals surface area contributed by atoms with Gasteiger partial charge in [-0.3, -0.25) is 4.79 Å². The van der Waals surface area contributed by atoms with Crippen LogP contribution < -0.4 is 20.3 Å². The second-order valence-electron chi connectivity index (χ2n) is 8.99. The van der Waals surface area contributed by atoms with E-state index >= 15 is 0 Å². The van der Waals surface area contributed by atoms with Gasteiger partial charge in [-0.15, -0.1) is 5.10 Å². The molecule has 1 fully saturated rings. The molecule has 0 unspecified atom stereocenters. The van der Waals surface area contributed by atoms with E-state index in [4.69, 9.17) is 9.47 Å². The summed E-state index contributed by atoms with van der Waals surface area (Å²) >= 11 is 0. The fourth-order valence-corrected chi connectivity index (χ4v) is 4.03. The van der Waals surface area contributed by atoms with Crippen LogP contribution in [0.3, 0.4) is 0 Å². The average Bonchev–Trinajstić information content (AvgIpc) is 3.64. The van der Waals surface area contributed by atoms with Crippen molar-refractivity contribution >= 4 is 34.7 Å². The highest BCUT2D eigenvalue weighted by molar-refractivity contribution is 5.95. The number of benzene rings is 1. The van der Waals surface area contributed by atoms with Gasteiger partial charge in [-0.1, -0.05) is 12.1 Å². The number of carbonyl (C=O) groups excluding carboxylic acids is 2. The van der Waals surface area contributed by atoms with Crippen molar-refractivity contribution < 1.29 is 19.1 Å². The number of hydrogen-bond acceptors (Lipinski definition) is 9. The van der Waals surface area contributed by atoms with E-state index in [0.29, 0.717) is 29.4 Å². The molecule has 1 saturated carbocycles. The quantitative estimate of drug-likeness (QED) is 0.305. The second-order valence-corrected chi connectivity index (χ2v) is 8.99. The Morgan fingerprint density at radius 1 is 1.16 bits per heavy atom. The molecule has 1 aromatic carbocycles. The van der Waals surface area contributed by atoms with Crippen LogP contribution >= 0.6 is 0 Å². The van der Waals surface area contributed by atoms with Crippen molar-refractivity contribution in [2.24, 2.45) is 0 Å². The highest BCUT2D eigenvalue weighted by Gasteiger charge is 2.26. The number of ether oxygens (including phenoxy) is 2. The topological polar surface area (TPSA) is 123 Å². The summed E-state index contributed by atoms with van der Waals surface area (Å²) in [6.45, 7) is 2.54. The fraction of sp³-hybridized carbons (Fsp3) is 0.296. The number of methoxy groups -OCH3 is 1. The van der Waals surface area contributed by atoms with Gasteiger partial charge in [0.1, 0.15) is 5.75 Å². The van der Waals surface area contributed by atoms with Gasteiger partial charge in [0.25, 0.3) is 5.91 Å². The van der Waals surface area contributed by atoms with Crippen LogP contribution in [-0.2, 0) is 11.3 Å². The van der Waals surface area contributed by atoms with Crippen molar-refractivity contribution in [2.75, 3.05) is 31.0 Å². The predicted octanol–water partition coefficient (Wildman–Crippen LogP) is 3.58. The normalized spacial score (nSPS) is 12.7. The van der Waals surface area contributed by atoms with Crippen LogP contribution in [0.4, 0.5) is 17.2 Å². The molecule has 1 aliphatic carbocycles. The van der Waals surface area contributed by atoms with Gasteiger partial charge >= 0.3 is 5.97 Å². The Morgan fingerprint density at radius 3 is 2.66 bits per heavy atom. The van der Waals surface area contributed by atoms with Gasteiger partial charge in [0.2, 0.25) is 0 Å². The zero-order valence-electron chi connectivity index (χ0n) is 21.5. The first-order valence-corrected chi connectivity index (χ1v) is 12.4. The number of pyridine rings is 1. The van der Waals surface area contributed by atoms with Gasteiger partial charge in [0.15, 0.2) is 22.9 Å². The number of hydrogen-bond donors (Lipinski definition) is 2. The van der Waals surface area contributed by atoms with Crippen LogP contribution in [0.2, 0.25) is 0 Å². The molecular weight excluding hydrogens is 486 g/mol. The first-order valence-electron chi connectivity index (χ1n) is 12.4. The maximum Gasteiger partial charge on any atom is 0.359 e. The number of esters is 1. The standard InChI is InChI=1S/C27H29N7O4/c1-4-38-27(36)24-20(6-5-13-28-24)31-23-14-21(33(2)16-17-7-11-19(37-3)12-8-17)25-29-15-22(34(25)32-23)26(35)30-18-9-10-18/h5-8,11-15,18H,4,9-10,16H2,1-3H3,(H,30,35)(H,31,32). The van der Waals surface area contributed by atoms with Crippen LogP contribution in [0.5, 0.6) is 5.75 Å². The zero-order valence-corrected chi connectivity index (χ0v) is 21.5. The zero-order chi connectivity index (χ0) is 26.6. The van der Waals surface area contributed by atoms with Crippen molar-refractivity contribution in [1.82, 2.24) is 24.9 Å². The molecule has 3 aromatic heterocycles. The van der Waals surface area contributed by atoms with Crippen LogP contribution in [0.1, 0.15) is 46.3 Å². The average molecular weight is 516 g/mol. The minimum atomic E-state index is -0.541. The minimum absolute atomic E-state index is 0.140. The number of carbonyl (C=O) groups is 2. The summed E-state index contributed by atoms with van der Waals surface area (Å²) < 4.78 is 12.0. The molecule has 11 nitrogen and oxygen atoms in total. The number of nitrogens with one attached hydrogen (secondary N) is 2. The lowest BCUT2D eigenvalue weighted by Crippen LogP contribution is -2.27. The fourth-order valence-electron chi connectivity index (χ4n) is 4.03. The number of amides is 1. The summed E-state index contributed by atoms with van der Waals surface area (Å²) in [6.07, 6.45) is 4.99. The molecule has 0 bridgehead atoms. The van der Waals surface area contributed by atoms with Crippen LogP contribution in [0.15, 0.2) is 54.9 Å². The van der Waals surface area contributed by atoms with E-state index in [9.17, 15) is 9.59 Å². The lowest BCUT2D eigenvalue weighted by Gasteiger charge is -2.21. The molecule has 0 aliphatic heterocycles. The van der Waals surface area contributed by atoms with E-state index in [1.54, 1.807) is 26.2 Å². The number of fused-ring (bicyclic) bond motifs is 1. The third kappa shape index (κ3) is 5.36. The Balaban J connectivity index is 1.53. The summed E-state index contributed by atoms with van der Waals surface area (Å²) in [7, 11) is 3.57. The van der Waals surface area contributed by atoms with Gasteiger partial charge in [0.05, 0.1) is 31.3 Å². The number of imidazole rings is 1. The summed E-state index contributed by atoms with van der Waals surface area (Å²) in [5.41, 5.74) is 3.24. The van der Waals surface area contributed by atoms with E-state index in [0.717, 1.165) is 29.8 Å². The molecule has 2 N–H and O–H groups in total. The molecule has 11 heteroatoms. The maximum atomic E-state index is 13.0. The molecule has 0 radical (unpaired) electrons. The summed E-state index contributed by atoms with van der Waals surface area (Å²) in [5.74, 6) is 0.413. The van der Waals surface area contributed by atoms with Crippen molar-refractivity contribution in [1.29, 1.82) is 0 Å². The van der Waals surface area contributed by atoms with Crippen molar-refractivity contribution in [3.05, 3.63) is 71.8 Å². The van der Waals surface area contributed by atoms with E-state index in [-0.39, 0.29) is 24.2 Å². The molecule has 38 heavy (non-hydrogen) atoms. The van der Waals surface area contributed by atoms with Gasteiger partial charge in [-0.2, -0.15) is 0 Å². The van der Waals surface area contributed by atoms with E-state index in [1.807, 2.05) is 42.3 Å². The number of nitrogens with zero attached hydrogens (tertiary/aromatic N) is 5. The number of anilines is 3. The third-order valence-electron chi connectivity index (χ3n) is 6.12. The minimum Gasteiger partial charge on any atom is -0.497 e. The second kappa shape index (κ2) is 10.8. The Bertz CT molecular complexity index is 1460. The van der Waals surface area contributed by atoms with Gasteiger partial charge in [-0.05, 0) is 49.6 Å². The maximum absolute atomic E-state index is 13.0. The van der Waals surface area contributed by atoms with Crippen LogP contribution in [-0.4, -0.2) is 58.3 Å². The van der Waals surface area contributed by atoms with Gasteiger partial charge in [0, 0.05) is 31.9 Å².